The normalized spacial score (nSPS) is 22.2. The summed E-state index contributed by atoms with van der Waals surface area (Å²) in [5.41, 5.74) is 3.66. The van der Waals surface area contributed by atoms with E-state index in [0.717, 1.165) is 49.8 Å². The van der Waals surface area contributed by atoms with Gasteiger partial charge in [0.15, 0.2) is 0 Å². The summed E-state index contributed by atoms with van der Waals surface area (Å²) in [5.74, 6) is 0.913. The number of hydrogen-bond acceptors (Lipinski definition) is 3. The average Bonchev–Trinajstić information content (AvgIpc) is 3.27. The molecule has 2 amide bonds. The van der Waals surface area contributed by atoms with Gasteiger partial charge >= 0.3 is 0 Å². The number of benzene rings is 2. The van der Waals surface area contributed by atoms with E-state index in [1.807, 2.05) is 41.3 Å². The molecule has 0 bridgehead atoms. The zero-order chi connectivity index (χ0) is 23.3. The van der Waals surface area contributed by atoms with Crippen molar-refractivity contribution < 1.29 is 9.59 Å². The van der Waals surface area contributed by atoms with Crippen molar-refractivity contribution in [3.05, 3.63) is 59.7 Å². The summed E-state index contributed by atoms with van der Waals surface area (Å²) in [6.45, 7) is 2.84. The van der Waals surface area contributed by atoms with Gasteiger partial charge in [0, 0.05) is 23.5 Å². The number of nitrogens with one attached hydrogen (secondary N) is 1. The van der Waals surface area contributed by atoms with Crippen LogP contribution < -0.4 is 10.2 Å². The number of carbonyl (C=O) groups excluding carboxylic acids is 2. The second-order valence-electron chi connectivity index (χ2n) is 10.3. The minimum Gasteiger partial charge on any atom is -0.322 e. The van der Waals surface area contributed by atoms with E-state index in [0.29, 0.717) is 5.56 Å². The summed E-state index contributed by atoms with van der Waals surface area (Å²) in [5, 5.41) is 3.00. The molecule has 2 heterocycles. The highest BCUT2D eigenvalue weighted by molar-refractivity contribution is 6.04. The maximum atomic E-state index is 13.0. The molecular weight excluding hydrogens is 422 g/mol. The van der Waals surface area contributed by atoms with Gasteiger partial charge < -0.3 is 10.2 Å². The Morgan fingerprint density at radius 3 is 2.18 bits per heavy atom. The molecule has 34 heavy (non-hydrogen) atoms. The standard InChI is InChI=1S/C29H37N3O2/c33-28(24-11-9-23(10-12-24)21-22-7-3-1-4-8-22)30-25-13-15-26(16-14-25)32-20-17-27(29(32)34)31-18-5-2-6-19-31/h9-16,22,27H,1-8,17-21H2,(H,30,33). The summed E-state index contributed by atoms with van der Waals surface area (Å²) in [6, 6.07) is 15.8. The molecule has 0 radical (unpaired) electrons. The van der Waals surface area contributed by atoms with Crippen LogP contribution in [0.25, 0.3) is 0 Å². The predicted octanol–water partition coefficient (Wildman–Crippen LogP) is 5.65. The Balaban J connectivity index is 1.16. The van der Waals surface area contributed by atoms with E-state index in [4.69, 9.17) is 0 Å². The number of anilines is 2. The number of rotatable bonds is 6. The van der Waals surface area contributed by atoms with Crippen molar-refractivity contribution in [2.75, 3.05) is 29.9 Å². The Morgan fingerprint density at radius 1 is 0.794 bits per heavy atom. The molecule has 180 valence electrons. The highest BCUT2D eigenvalue weighted by Gasteiger charge is 2.36. The number of hydrogen-bond donors (Lipinski definition) is 1. The quantitative estimate of drug-likeness (QED) is 0.607. The van der Waals surface area contributed by atoms with E-state index in [1.54, 1.807) is 0 Å². The second-order valence-corrected chi connectivity index (χ2v) is 10.3. The molecule has 5 rings (SSSR count). The number of amides is 2. The Labute approximate surface area is 203 Å². The van der Waals surface area contributed by atoms with Gasteiger partial charge in [-0.15, -0.1) is 0 Å². The first-order valence-electron chi connectivity index (χ1n) is 13.2. The summed E-state index contributed by atoms with van der Waals surface area (Å²) >= 11 is 0. The molecular formula is C29H37N3O2. The molecule has 2 aliphatic heterocycles. The molecule has 0 spiro atoms. The maximum Gasteiger partial charge on any atom is 0.255 e. The molecule has 1 saturated carbocycles. The van der Waals surface area contributed by atoms with E-state index in [2.05, 4.69) is 22.3 Å². The maximum absolute atomic E-state index is 13.0. The van der Waals surface area contributed by atoms with Crippen LogP contribution in [0, 0.1) is 5.92 Å². The highest BCUT2D eigenvalue weighted by atomic mass is 16.2. The molecule has 3 aliphatic rings. The number of likely N-dealkylation sites (tertiary alicyclic amines) is 1. The van der Waals surface area contributed by atoms with E-state index >= 15 is 0 Å². The third-order valence-corrected chi connectivity index (χ3v) is 7.91. The first-order chi connectivity index (χ1) is 16.7. The van der Waals surface area contributed by atoms with Crippen molar-refractivity contribution >= 4 is 23.2 Å². The summed E-state index contributed by atoms with van der Waals surface area (Å²) in [6.07, 6.45) is 12.4. The van der Waals surface area contributed by atoms with Gasteiger partial charge in [-0.3, -0.25) is 14.5 Å². The minimum absolute atomic E-state index is 0.0285. The van der Waals surface area contributed by atoms with Crippen molar-refractivity contribution in [3.63, 3.8) is 0 Å². The fourth-order valence-electron chi connectivity index (χ4n) is 5.93. The Hall–Kier alpha value is -2.66. The molecule has 1 aliphatic carbocycles. The molecule has 3 fully saturated rings. The lowest BCUT2D eigenvalue weighted by Gasteiger charge is -2.31. The third kappa shape index (κ3) is 5.35. The molecule has 2 saturated heterocycles. The highest BCUT2D eigenvalue weighted by Crippen LogP contribution is 2.28. The molecule has 1 atom stereocenters. The minimum atomic E-state index is -0.0978. The fraction of sp³-hybridized carbons (Fsp3) is 0.517. The van der Waals surface area contributed by atoms with Gasteiger partial charge in [0.25, 0.3) is 5.91 Å². The second kappa shape index (κ2) is 10.7. The molecule has 0 aromatic heterocycles. The largest absolute Gasteiger partial charge is 0.322 e. The van der Waals surface area contributed by atoms with Gasteiger partial charge in [-0.05, 0) is 86.7 Å². The van der Waals surface area contributed by atoms with Crippen molar-refractivity contribution in [2.45, 2.75) is 70.3 Å². The van der Waals surface area contributed by atoms with Crippen LogP contribution in [0.5, 0.6) is 0 Å². The van der Waals surface area contributed by atoms with Gasteiger partial charge in [-0.25, -0.2) is 0 Å². The number of carbonyl (C=O) groups is 2. The molecule has 2 aromatic carbocycles. The number of nitrogens with zero attached hydrogens (tertiary/aromatic N) is 2. The Kier molecular flexibility index (Phi) is 7.29. The molecule has 5 nitrogen and oxygen atoms in total. The third-order valence-electron chi connectivity index (χ3n) is 7.91. The lowest BCUT2D eigenvalue weighted by molar-refractivity contribution is -0.122. The Morgan fingerprint density at radius 2 is 1.47 bits per heavy atom. The van der Waals surface area contributed by atoms with Crippen molar-refractivity contribution in [1.29, 1.82) is 0 Å². The van der Waals surface area contributed by atoms with Crippen LogP contribution >= 0.6 is 0 Å². The Bertz CT molecular complexity index is 973. The van der Waals surface area contributed by atoms with Gasteiger partial charge in [-0.2, -0.15) is 0 Å². The van der Waals surface area contributed by atoms with E-state index < -0.39 is 0 Å². The topological polar surface area (TPSA) is 52.7 Å². The zero-order valence-corrected chi connectivity index (χ0v) is 20.2. The number of piperidine rings is 1. The lowest BCUT2D eigenvalue weighted by Crippen LogP contribution is -2.44. The molecule has 2 aromatic rings. The van der Waals surface area contributed by atoms with Gasteiger partial charge in [-0.1, -0.05) is 50.7 Å². The SMILES string of the molecule is O=C(Nc1ccc(N2CCC(N3CCCCC3)C2=O)cc1)c1ccc(CC2CCCCC2)cc1. The van der Waals surface area contributed by atoms with Crippen LogP contribution in [0.3, 0.4) is 0 Å². The van der Waals surface area contributed by atoms with Crippen LogP contribution in [-0.2, 0) is 11.2 Å². The zero-order valence-electron chi connectivity index (χ0n) is 20.2. The molecule has 1 N–H and O–H groups in total. The first-order valence-corrected chi connectivity index (χ1v) is 13.2. The average molecular weight is 460 g/mol. The van der Waals surface area contributed by atoms with Crippen LogP contribution in [0.4, 0.5) is 11.4 Å². The van der Waals surface area contributed by atoms with Crippen LogP contribution in [0.2, 0.25) is 0 Å². The lowest BCUT2D eigenvalue weighted by atomic mass is 9.85. The fourth-order valence-corrected chi connectivity index (χ4v) is 5.93. The molecule has 1 unspecified atom stereocenters. The van der Waals surface area contributed by atoms with Gasteiger partial charge in [0.1, 0.15) is 0 Å². The monoisotopic (exact) mass is 459 g/mol. The van der Waals surface area contributed by atoms with E-state index in [1.165, 1.54) is 56.9 Å². The van der Waals surface area contributed by atoms with Crippen molar-refractivity contribution in [3.8, 4) is 0 Å². The van der Waals surface area contributed by atoms with Crippen molar-refractivity contribution in [2.24, 2.45) is 5.92 Å². The summed E-state index contributed by atoms with van der Waals surface area (Å²) in [4.78, 5) is 30.0. The van der Waals surface area contributed by atoms with E-state index in [9.17, 15) is 9.59 Å². The predicted molar refractivity (Wildman–Crippen MR) is 137 cm³/mol. The van der Waals surface area contributed by atoms with Gasteiger partial charge in [0.2, 0.25) is 5.91 Å². The smallest absolute Gasteiger partial charge is 0.255 e. The van der Waals surface area contributed by atoms with Crippen LogP contribution in [-0.4, -0.2) is 42.4 Å². The van der Waals surface area contributed by atoms with Crippen molar-refractivity contribution in [1.82, 2.24) is 4.90 Å². The van der Waals surface area contributed by atoms with Gasteiger partial charge in [0.05, 0.1) is 6.04 Å². The molecule has 5 heteroatoms. The summed E-state index contributed by atoms with van der Waals surface area (Å²) < 4.78 is 0. The van der Waals surface area contributed by atoms with Crippen LogP contribution in [0.1, 0.15) is 73.7 Å². The first kappa shape index (κ1) is 23.1. The van der Waals surface area contributed by atoms with Crippen LogP contribution in [0.15, 0.2) is 48.5 Å². The van der Waals surface area contributed by atoms with E-state index in [-0.39, 0.29) is 17.9 Å². The summed E-state index contributed by atoms with van der Waals surface area (Å²) in [7, 11) is 0.